The van der Waals surface area contributed by atoms with E-state index in [1.54, 1.807) is 48.5 Å². The van der Waals surface area contributed by atoms with Crippen molar-refractivity contribution in [3.05, 3.63) is 110 Å². The number of hydrogen-bond acceptors (Lipinski definition) is 5. The number of aryl methyl sites for hydroxylation is 2. The minimum atomic E-state index is -0.477. The number of nitrogens with zero attached hydrogens (tertiary/aromatic N) is 4. The standard InChI is InChI=1S/C25H19ClN4O3/c1-15-11-16(2)13-19(12-15)30-24(31)20-5-3-4-6-21(20)29(25(30)32)14-22-27-23(28-33-22)17-7-9-18(26)10-8-17/h3-13H,14H2,1-2H3. The summed E-state index contributed by atoms with van der Waals surface area (Å²) >= 11 is 5.95. The Hall–Kier alpha value is -3.97. The molecule has 2 heterocycles. The molecule has 0 radical (unpaired) electrons. The van der Waals surface area contributed by atoms with E-state index in [1.165, 1.54) is 9.13 Å². The van der Waals surface area contributed by atoms with E-state index in [2.05, 4.69) is 10.1 Å². The van der Waals surface area contributed by atoms with Crippen LogP contribution in [0.25, 0.3) is 28.0 Å². The monoisotopic (exact) mass is 458 g/mol. The smallest absolute Gasteiger partial charge is 0.336 e. The van der Waals surface area contributed by atoms with Crippen LogP contribution >= 0.6 is 11.6 Å². The Labute approximate surface area is 193 Å². The van der Waals surface area contributed by atoms with E-state index in [4.69, 9.17) is 16.1 Å². The van der Waals surface area contributed by atoms with E-state index in [0.29, 0.717) is 27.4 Å². The zero-order valence-corrected chi connectivity index (χ0v) is 18.7. The fourth-order valence-electron chi connectivity index (χ4n) is 3.95. The summed E-state index contributed by atoms with van der Waals surface area (Å²) in [6, 6.07) is 19.7. The van der Waals surface area contributed by atoms with Crippen LogP contribution < -0.4 is 11.2 Å². The molecule has 2 aromatic heterocycles. The second-order valence-electron chi connectivity index (χ2n) is 7.89. The van der Waals surface area contributed by atoms with Crippen molar-refractivity contribution in [1.82, 2.24) is 19.3 Å². The largest absolute Gasteiger partial charge is 0.337 e. The lowest BCUT2D eigenvalue weighted by atomic mass is 10.1. The quantitative estimate of drug-likeness (QED) is 0.395. The molecule has 33 heavy (non-hydrogen) atoms. The molecule has 0 amide bonds. The van der Waals surface area contributed by atoms with Crippen LogP contribution in [-0.2, 0) is 6.54 Å². The zero-order chi connectivity index (χ0) is 23.1. The molecule has 0 spiro atoms. The van der Waals surface area contributed by atoms with Crippen molar-refractivity contribution < 1.29 is 4.52 Å². The third-order valence-electron chi connectivity index (χ3n) is 5.38. The van der Waals surface area contributed by atoms with Crippen molar-refractivity contribution in [3.8, 4) is 17.1 Å². The van der Waals surface area contributed by atoms with Gasteiger partial charge in [0.2, 0.25) is 11.7 Å². The Balaban J connectivity index is 1.67. The second-order valence-corrected chi connectivity index (χ2v) is 8.33. The third-order valence-corrected chi connectivity index (χ3v) is 5.63. The minimum Gasteiger partial charge on any atom is -0.337 e. The van der Waals surface area contributed by atoms with Crippen LogP contribution in [0, 0.1) is 13.8 Å². The highest BCUT2D eigenvalue weighted by Crippen LogP contribution is 2.19. The number of rotatable bonds is 4. The van der Waals surface area contributed by atoms with Gasteiger partial charge < -0.3 is 4.52 Å². The molecular weight excluding hydrogens is 440 g/mol. The van der Waals surface area contributed by atoms with Gasteiger partial charge in [0.1, 0.15) is 6.54 Å². The maximum atomic E-state index is 13.6. The summed E-state index contributed by atoms with van der Waals surface area (Å²) in [5, 5.41) is 5.06. The first-order valence-electron chi connectivity index (χ1n) is 10.3. The molecule has 164 valence electrons. The molecule has 0 aliphatic heterocycles. The third kappa shape index (κ3) is 3.87. The van der Waals surface area contributed by atoms with Crippen LogP contribution in [0.5, 0.6) is 0 Å². The Bertz CT molecular complexity index is 1590. The van der Waals surface area contributed by atoms with Crippen LogP contribution in [0.1, 0.15) is 17.0 Å². The number of hydrogen-bond donors (Lipinski definition) is 0. The second kappa shape index (κ2) is 8.18. The highest BCUT2D eigenvalue weighted by atomic mass is 35.5. The van der Waals surface area contributed by atoms with Crippen LogP contribution in [0.3, 0.4) is 0 Å². The van der Waals surface area contributed by atoms with Gasteiger partial charge in [-0.15, -0.1) is 0 Å². The summed E-state index contributed by atoms with van der Waals surface area (Å²) in [4.78, 5) is 31.3. The van der Waals surface area contributed by atoms with E-state index in [1.807, 2.05) is 32.0 Å². The molecule has 0 N–H and O–H groups in total. The predicted molar refractivity (Wildman–Crippen MR) is 127 cm³/mol. The number of fused-ring (bicyclic) bond motifs is 1. The first-order chi connectivity index (χ1) is 15.9. The van der Waals surface area contributed by atoms with Gasteiger partial charge in [-0.25, -0.2) is 9.36 Å². The van der Waals surface area contributed by atoms with E-state index < -0.39 is 5.69 Å². The lowest BCUT2D eigenvalue weighted by molar-refractivity contribution is 0.370. The lowest BCUT2D eigenvalue weighted by Gasteiger charge is -2.13. The SMILES string of the molecule is Cc1cc(C)cc(-n2c(=O)c3ccccc3n(Cc3nc(-c4ccc(Cl)cc4)no3)c2=O)c1. The normalized spacial score (nSPS) is 11.2. The van der Waals surface area contributed by atoms with Gasteiger partial charge in [-0.3, -0.25) is 9.36 Å². The first-order valence-corrected chi connectivity index (χ1v) is 10.7. The Morgan fingerprint density at radius 3 is 2.36 bits per heavy atom. The molecule has 0 saturated heterocycles. The molecule has 0 aliphatic rings. The number of benzene rings is 3. The summed E-state index contributed by atoms with van der Waals surface area (Å²) in [6.45, 7) is 3.88. The van der Waals surface area contributed by atoms with Crippen LogP contribution in [0.15, 0.2) is 80.8 Å². The highest BCUT2D eigenvalue weighted by Gasteiger charge is 2.17. The molecule has 0 saturated carbocycles. The van der Waals surface area contributed by atoms with Gasteiger partial charge in [-0.1, -0.05) is 35.0 Å². The van der Waals surface area contributed by atoms with Crippen LogP contribution in [-0.4, -0.2) is 19.3 Å². The van der Waals surface area contributed by atoms with Crippen LogP contribution in [0.4, 0.5) is 0 Å². The van der Waals surface area contributed by atoms with Crippen LogP contribution in [0.2, 0.25) is 5.02 Å². The van der Waals surface area contributed by atoms with E-state index in [-0.39, 0.29) is 18.0 Å². The van der Waals surface area contributed by atoms with Gasteiger partial charge in [0.25, 0.3) is 5.56 Å². The van der Waals surface area contributed by atoms with Gasteiger partial charge in [0.05, 0.1) is 16.6 Å². The molecule has 0 bridgehead atoms. The number of aromatic nitrogens is 4. The molecule has 5 aromatic rings. The highest BCUT2D eigenvalue weighted by molar-refractivity contribution is 6.30. The molecule has 0 atom stereocenters. The summed E-state index contributed by atoms with van der Waals surface area (Å²) < 4.78 is 8.10. The average Bonchev–Trinajstić information content (AvgIpc) is 3.25. The molecule has 0 fully saturated rings. The van der Waals surface area contributed by atoms with Gasteiger partial charge in [0, 0.05) is 10.6 Å². The average molecular weight is 459 g/mol. The minimum absolute atomic E-state index is 0.0189. The first kappa shape index (κ1) is 20.9. The van der Waals surface area contributed by atoms with E-state index in [9.17, 15) is 9.59 Å². The van der Waals surface area contributed by atoms with Crippen molar-refractivity contribution in [1.29, 1.82) is 0 Å². The topological polar surface area (TPSA) is 82.9 Å². The molecule has 8 heteroatoms. The molecule has 0 aliphatic carbocycles. The van der Waals surface area contributed by atoms with Gasteiger partial charge in [0.15, 0.2) is 0 Å². The van der Waals surface area contributed by atoms with E-state index in [0.717, 1.165) is 16.7 Å². The lowest BCUT2D eigenvalue weighted by Crippen LogP contribution is -2.39. The summed E-state index contributed by atoms with van der Waals surface area (Å²) in [6.07, 6.45) is 0. The van der Waals surface area contributed by atoms with Crippen molar-refractivity contribution in [3.63, 3.8) is 0 Å². The van der Waals surface area contributed by atoms with Crippen molar-refractivity contribution in [2.45, 2.75) is 20.4 Å². The number of para-hydroxylation sites is 1. The van der Waals surface area contributed by atoms with Crippen molar-refractivity contribution in [2.75, 3.05) is 0 Å². The summed E-state index contributed by atoms with van der Waals surface area (Å²) in [5.74, 6) is 0.638. The van der Waals surface area contributed by atoms with E-state index >= 15 is 0 Å². The van der Waals surface area contributed by atoms with Gasteiger partial charge >= 0.3 is 5.69 Å². The fraction of sp³-hybridized carbons (Fsp3) is 0.120. The molecular formula is C25H19ClN4O3. The Morgan fingerprint density at radius 2 is 1.64 bits per heavy atom. The maximum Gasteiger partial charge on any atom is 0.336 e. The fourth-order valence-corrected chi connectivity index (χ4v) is 4.08. The number of halogens is 1. The van der Waals surface area contributed by atoms with Crippen molar-refractivity contribution in [2.24, 2.45) is 0 Å². The van der Waals surface area contributed by atoms with Gasteiger partial charge in [-0.2, -0.15) is 4.98 Å². The Kier molecular flexibility index (Phi) is 5.18. The summed E-state index contributed by atoms with van der Waals surface area (Å²) in [5.41, 5.74) is 2.83. The Morgan fingerprint density at radius 1 is 0.939 bits per heavy atom. The predicted octanol–water partition coefficient (Wildman–Crippen LogP) is 4.52. The molecule has 5 rings (SSSR count). The van der Waals surface area contributed by atoms with Crippen molar-refractivity contribution >= 4 is 22.5 Å². The molecule has 7 nitrogen and oxygen atoms in total. The van der Waals surface area contributed by atoms with Gasteiger partial charge in [-0.05, 0) is 73.5 Å². The maximum absolute atomic E-state index is 13.6. The summed E-state index contributed by atoms with van der Waals surface area (Å²) in [7, 11) is 0. The molecule has 0 unspecified atom stereocenters. The zero-order valence-electron chi connectivity index (χ0n) is 17.9. The molecule has 3 aromatic carbocycles.